The summed E-state index contributed by atoms with van der Waals surface area (Å²) in [6.45, 7) is 3.34. The first-order valence-electron chi connectivity index (χ1n) is 11.1. The number of benzene rings is 2. The number of carbonyl (C=O) groups is 2. The summed E-state index contributed by atoms with van der Waals surface area (Å²) in [5, 5.41) is 14.8. The number of para-hydroxylation sites is 1. The van der Waals surface area contributed by atoms with E-state index >= 15 is 0 Å². The Hall–Kier alpha value is -2.90. The van der Waals surface area contributed by atoms with E-state index < -0.39 is 23.5 Å². The van der Waals surface area contributed by atoms with Crippen LogP contribution in [0.1, 0.15) is 36.1 Å². The number of piperidine rings is 1. The van der Waals surface area contributed by atoms with Crippen LogP contribution < -0.4 is 14.8 Å². The van der Waals surface area contributed by atoms with Gasteiger partial charge in [0.05, 0.1) is 20.1 Å². The molecule has 0 spiro atoms. The molecular weight excluding hydrogens is 408 g/mol. The lowest BCUT2D eigenvalue weighted by Crippen LogP contribution is -2.59. The fourth-order valence-electron chi connectivity index (χ4n) is 5.74. The van der Waals surface area contributed by atoms with Crippen LogP contribution in [-0.4, -0.2) is 49.0 Å². The number of aliphatic hydroxyl groups is 1. The number of hydrogen-bond acceptors (Lipinski definition) is 6. The minimum absolute atomic E-state index is 0.0641. The maximum Gasteiger partial charge on any atom is 0.261 e. The van der Waals surface area contributed by atoms with E-state index in [2.05, 4.69) is 10.2 Å². The van der Waals surface area contributed by atoms with Crippen LogP contribution in [0.15, 0.2) is 36.4 Å². The van der Waals surface area contributed by atoms with Gasteiger partial charge in [-0.15, -0.1) is 0 Å². The second-order valence-electron chi connectivity index (χ2n) is 8.85. The first kappa shape index (κ1) is 21.0. The Labute approximate surface area is 187 Å². The number of Topliss-reactive ketones (excluding diaryl/α,β-unsaturated/α-hetero) is 1. The van der Waals surface area contributed by atoms with E-state index in [1.54, 1.807) is 32.4 Å². The molecule has 1 fully saturated rings. The van der Waals surface area contributed by atoms with Gasteiger partial charge in [0.2, 0.25) is 0 Å². The Morgan fingerprint density at radius 3 is 2.59 bits per heavy atom. The molecule has 3 heterocycles. The molecule has 0 bridgehead atoms. The number of carbonyl (C=O) groups excluding carboxylic acids is 2. The molecule has 3 aliphatic heterocycles. The number of nitrogens with zero attached hydrogens (tertiary/aromatic N) is 1. The molecule has 3 aliphatic rings. The molecule has 168 valence electrons. The minimum Gasteiger partial charge on any atom is -0.493 e. The number of anilines is 1. The van der Waals surface area contributed by atoms with Crippen molar-refractivity contribution < 1.29 is 24.2 Å². The summed E-state index contributed by atoms with van der Waals surface area (Å²) in [6.07, 6.45) is 1.46. The van der Waals surface area contributed by atoms with Crippen molar-refractivity contribution in [2.75, 3.05) is 32.6 Å². The summed E-state index contributed by atoms with van der Waals surface area (Å²) >= 11 is 0. The summed E-state index contributed by atoms with van der Waals surface area (Å²) in [4.78, 5) is 29.3. The highest BCUT2D eigenvalue weighted by Crippen LogP contribution is 2.53. The van der Waals surface area contributed by atoms with E-state index in [1.165, 1.54) is 0 Å². The van der Waals surface area contributed by atoms with Crippen LogP contribution >= 0.6 is 0 Å². The summed E-state index contributed by atoms with van der Waals surface area (Å²) in [5.41, 5.74) is 1.04. The van der Waals surface area contributed by atoms with Crippen LogP contribution in [-0.2, 0) is 21.6 Å². The van der Waals surface area contributed by atoms with Gasteiger partial charge in [0, 0.05) is 36.3 Å². The molecule has 4 atom stereocenters. The molecule has 5 rings (SSSR count). The highest BCUT2D eigenvalue weighted by atomic mass is 16.5. The summed E-state index contributed by atoms with van der Waals surface area (Å²) < 4.78 is 11.0. The Bertz CT molecular complexity index is 1100. The maximum atomic E-state index is 13.8. The number of amides is 1. The Balaban J connectivity index is 1.72. The average molecular weight is 437 g/mol. The third-order valence-corrected chi connectivity index (χ3v) is 7.38. The molecule has 2 N–H and O–H groups in total. The number of ether oxygens (including phenoxy) is 2. The molecule has 1 saturated heterocycles. The van der Waals surface area contributed by atoms with Gasteiger partial charge in [-0.2, -0.15) is 0 Å². The van der Waals surface area contributed by atoms with Crippen molar-refractivity contribution >= 4 is 17.4 Å². The molecule has 1 amide bonds. The van der Waals surface area contributed by atoms with E-state index in [0.29, 0.717) is 35.7 Å². The van der Waals surface area contributed by atoms with Crippen molar-refractivity contribution in [2.45, 2.75) is 31.4 Å². The van der Waals surface area contributed by atoms with Crippen LogP contribution in [0.25, 0.3) is 0 Å². The number of ketones is 1. The number of fused-ring (bicyclic) bond motifs is 4. The van der Waals surface area contributed by atoms with Crippen LogP contribution in [0.2, 0.25) is 0 Å². The maximum absolute atomic E-state index is 13.8. The zero-order valence-electron chi connectivity index (χ0n) is 18.6. The molecule has 0 aliphatic carbocycles. The summed E-state index contributed by atoms with van der Waals surface area (Å²) in [5.74, 6) is -0.565. The predicted molar refractivity (Wildman–Crippen MR) is 119 cm³/mol. The van der Waals surface area contributed by atoms with Crippen molar-refractivity contribution in [1.82, 2.24) is 4.90 Å². The second kappa shape index (κ2) is 7.60. The molecule has 0 saturated carbocycles. The Morgan fingerprint density at radius 1 is 1.16 bits per heavy atom. The van der Waals surface area contributed by atoms with Gasteiger partial charge in [0.25, 0.3) is 5.91 Å². The van der Waals surface area contributed by atoms with E-state index in [9.17, 15) is 14.7 Å². The molecule has 7 heteroatoms. The lowest BCUT2D eigenvalue weighted by molar-refractivity contribution is -0.162. The van der Waals surface area contributed by atoms with Crippen molar-refractivity contribution in [3.8, 4) is 11.5 Å². The van der Waals surface area contributed by atoms with Gasteiger partial charge < -0.3 is 19.9 Å². The van der Waals surface area contributed by atoms with Gasteiger partial charge >= 0.3 is 0 Å². The van der Waals surface area contributed by atoms with Crippen LogP contribution in [0.3, 0.4) is 0 Å². The molecule has 2 aromatic rings. The molecule has 7 nitrogen and oxygen atoms in total. The average Bonchev–Trinajstić information content (AvgIpc) is 3.07. The van der Waals surface area contributed by atoms with Gasteiger partial charge in [-0.3, -0.25) is 14.5 Å². The van der Waals surface area contributed by atoms with E-state index in [1.807, 2.05) is 25.1 Å². The first-order valence-corrected chi connectivity index (χ1v) is 11.1. The summed E-state index contributed by atoms with van der Waals surface area (Å²) in [7, 11) is 3.18. The fraction of sp³-hybridized carbons (Fsp3) is 0.440. The van der Waals surface area contributed by atoms with Crippen LogP contribution in [0.4, 0.5) is 5.69 Å². The van der Waals surface area contributed by atoms with E-state index in [4.69, 9.17) is 9.47 Å². The number of nitrogens with one attached hydrogen (secondary N) is 1. The van der Waals surface area contributed by atoms with Crippen LogP contribution in [0, 0.1) is 11.8 Å². The topological polar surface area (TPSA) is 88.1 Å². The van der Waals surface area contributed by atoms with Gasteiger partial charge in [-0.05, 0) is 42.2 Å². The van der Waals surface area contributed by atoms with Gasteiger partial charge in [-0.1, -0.05) is 25.1 Å². The lowest BCUT2D eigenvalue weighted by atomic mass is 9.66. The SMILES string of the molecule is CCC1CN2CCc3cc(OC)c(OC)cc3C2C(C2(O)C(=O)Nc3ccccc32)C1=O. The standard InChI is InChI=1S/C25H28N2O5/c1-4-14-13-27-10-9-15-11-19(31-2)20(32-3)12-16(15)22(27)21(23(14)28)25(30)17-7-5-6-8-18(17)26-24(25)29/h5-8,11-12,14,21-22,30H,4,9-10,13H2,1-3H3,(H,26,29). The van der Waals surface area contributed by atoms with Crippen LogP contribution in [0.5, 0.6) is 11.5 Å². The fourth-order valence-corrected chi connectivity index (χ4v) is 5.74. The third kappa shape index (κ3) is 2.81. The third-order valence-electron chi connectivity index (χ3n) is 7.38. The van der Waals surface area contributed by atoms with Crippen molar-refractivity contribution in [1.29, 1.82) is 0 Å². The predicted octanol–water partition coefficient (Wildman–Crippen LogP) is 2.67. The van der Waals surface area contributed by atoms with Gasteiger partial charge in [-0.25, -0.2) is 0 Å². The summed E-state index contributed by atoms with van der Waals surface area (Å²) in [6, 6.07) is 10.5. The zero-order chi connectivity index (χ0) is 22.6. The Morgan fingerprint density at radius 2 is 1.88 bits per heavy atom. The number of methoxy groups -OCH3 is 2. The smallest absolute Gasteiger partial charge is 0.261 e. The molecule has 2 aromatic carbocycles. The van der Waals surface area contributed by atoms with Crippen molar-refractivity contribution in [2.24, 2.45) is 11.8 Å². The molecule has 0 aromatic heterocycles. The highest BCUT2D eigenvalue weighted by molar-refractivity contribution is 6.08. The Kier molecular flexibility index (Phi) is 4.98. The quantitative estimate of drug-likeness (QED) is 0.766. The zero-order valence-corrected chi connectivity index (χ0v) is 18.6. The van der Waals surface area contributed by atoms with E-state index in [-0.39, 0.29) is 11.7 Å². The highest BCUT2D eigenvalue weighted by Gasteiger charge is 2.61. The van der Waals surface area contributed by atoms with Crippen molar-refractivity contribution in [3.05, 3.63) is 53.1 Å². The first-order chi connectivity index (χ1) is 15.4. The lowest BCUT2D eigenvalue weighted by Gasteiger charge is -2.50. The largest absolute Gasteiger partial charge is 0.493 e. The van der Waals surface area contributed by atoms with E-state index in [0.717, 1.165) is 24.1 Å². The molecular formula is C25H28N2O5. The van der Waals surface area contributed by atoms with Gasteiger partial charge in [0.1, 0.15) is 5.78 Å². The normalized spacial score (nSPS) is 29.1. The molecule has 32 heavy (non-hydrogen) atoms. The molecule has 4 unspecified atom stereocenters. The molecule has 0 radical (unpaired) electrons. The van der Waals surface area contributed by atoms with Crippen molar-refractivity contribution in [3.63, 3.8) is 0 Å². The number of hydrogen-bond donors (Lipinski definition) is 2. The minimum atomic E-state index is -1.94. The number of rotatable bonds is 4. The second-order valence-corrected chi connectivity index (χ2v) is 8.85. The monoisotopic (exact) mass is 436 g/mol. The van der Waals surface area contributed by atoms with Gasteiger partial charge in [0.15, 0.2) is 17.1 Å².